The predicted molar refractivity (Wildman–Crippen MR) is 131 cm³/mol. The minimum Gasteiger partial charge on any atom is -0.497 e. The smallest absolute Gasteiger partial charge is 0.253 e. The van der Waals surface area contributed by atoms with Crippen molar-refractivity contribution in [2.45, 2.75) is 52.7 Å². The van der Waals surface area contributed by atoms with Crippen LogP contribution in [0.5, 0.6) is 5.75 Å². The molecule has 174 valence electrons. The molecule has 1 fully saturated rings. The van der Waals surface area contributed by atoms with Crippen LogP contribution in [-0.2, 0) is 0 Å². The Labute approximate surface area is 194 Å². The molecule has 0 unspecified atom stereocenters. The second-order valence-electron chi connectivity index (χ2n) is 8.76. The van der Waals surface area contributed by atoms with Gasteiger partial charge in [0.05, 0.1) is 13.2 Å². The first-order valence-electron chi connectivity index (χ1n) is 12.0. The topological polar surface area (TPSA) is 36.0 Å². The van der Waals surface area contributed by atoms with Crippen LogP contribution in [0.2, 0.25) is 0 Å². The molecule has 3 atom stereocenters. The van der Waals surface area contributed by atoms with E-state index in [9.17, 15) is 4.79 Å². The van der Waals surface area contributed by atoms with E-state index in [4.69, 9.17) is 4.74 Å². The fourth-order valence-electron chi connectivity index (χ4n) is 4.91. The summed E-state index contributed by atoms with van der Waals surface area (Å²) in [5.74, 6) is 0.965. The maximum absolute atomic E-state index is 12.8. The van der Waals surface area contributed by atoms with Gasteiger partial charge in [-0.05, 0) is 69.6 Å². The third-order valence-electron chi connectivity index (χ3n) is 6.83. The number of carbonyl (C=O) groups is 1. The second-order valence-corrected chi connectivity index (χ2v) is 8.76. The van der Waals surface area contributed by atoms with Gasteiger partial charge in [0.1, 0.15) is 5.75 Å². The van der Waals surface area contributed by atoms with Gasteiger partial charge in [-0.1, -0.05) is 31.2 Å². The highest BCUT2D eigenvalue weighted by Crippen LogP contribution is 2.34. The zero-order valence-electron chi connectivity index (χ0n) is 20.5. The Morgan fingerprint density at radius 2 is 1.69 bits per heavy atom. The Morgan fingerprint density at radius 1 is 1.00 bits per heavy atom. The number of hydrogen-bond acceptors (Lipinski definition) is 4. The molecule has 5 nitrogen and oxygen atoms in total. The molecule has 3 rings (SSSR count). The van der Waals surface area contributed by atoms with Gasteiger partial charge in [-0.2, -0.15) is 0 Å². The number of rotatable bonds is 8. The number of amides is 1. The lowest BCUT2D eigenvalue weighted by Crippen LogP contribution is -2.57. The molecule has 1 aliphatic heterocycles. The molecule has 2 aromatic rings. The van der Waals surface area contributed by atoms with E-state index in [-0.39, 0.29) is 11.9 Å². The molecule has 5 heteroatoms. The quantitative estimate of drug-likeness (QED) is 0.601. The molecule has 0 spiro atoms. The van der Waals surface area contributed by atoms with Crippen LogP contribution in [0.25, 0.3) is 0 Å². The Morgan fingerprint density at radius 3 is 2.28 bits per heavy atom. The lowest BCUT2D eigenvalue weighted by molar-refractivity contribution is 0.0270. The van der Waals surface area contributed by atoms with Gasteiger partial charge in [0, 0.05) is 43.8 Å². The third kappa shape index (κ3) is 5.16. The number of hydrogen-bond donors (Lipinski definition) is 0. The number of likely N-dealkylation sites (N-methyl/N-ethyl adjacent to an activating group) is 1. The molecule has 1 saturated heterocycles. The summed E-state index contributed by atoms with van der Waals surface area (Å²) in [6.07, 6.45) is 0. The summed E-state index contributed by atoms with van der Waals surface area (Å²) in [7, 11) is 1.71. The Bertz CT molecular complexity index is 879. The van der Waals surface area contributed by atoms with Crippen molar-refractivity contribution in [3.63, 3.8) is 0 Å². The highest BCUT2D eigenvalue weighted by atomic mass is 16.5. The average Bonchev–Trinajstić information content (AvgIpc) is 2.82. The zero-order chi connectivity index (χ0) is 23.3. The number of ether oxygens (including phenoxy) is 1. The van der Waals surface area contributed by atoms with Gasteiger partial charge >= 0.3 is 0 Å². The fraction of sp³-hybridized carbons (Fsp3) is 0.519. The number of piperazine rings is 1. The van der Waals surface area contributed by atoms with Gasteiger partial charge < -0.3 is 9.64 Å². The molecule has 0 N–H and O–H groups in total. The van der Waals surface area contributed by atoms with Crippen LogP contribution in [-0.4, -0.2) is 72.5 Å². The molecule has 0 saturated carbocycles. The van der Waals surface area contributed by atoms with Crippen LogP contribution in [0.1, 0.15) is 62.1 Å². The van der Waals surface area contributed by atoms with E-state index in [0.29, 0.717) is 12.1 Å². The highest BCUT2D eigenvalue weighted by Gasteiger charge is 2.34. The standard InChI is InChI=1S/C27H39N3O2/c1-7-28(8-2)27(31)23-15-13-22(14-16-23)26(24-11-10-12-25(17-24)32-6)30-19-20(4)29(9-3)18-21(30)5/h10-17,20-21,26H,7-9,18-19H2,1-6H3/t20-,21+,26-/m0/s1. The number of carbonyl (C=O) groups excluding carboxylic acids is 1. The SMILES string of the molecule is CCN(CC)C(=O)c1ccc([C@@H](c2cccc(OC)c2)N2C[C@H](C)N(CC)C[C@H]2C)cc1. The summed E-state index contributed by atoms with van der Waals surface area (Å²) in [6.45, 7) is 15.5. The minimum atomic E-state index is 0.0954. The molecule has 0 aromatic heterocycles. The van der Waals surface area contributed by atoms with Crippen LogP contribution >= 0.6 is 0 Å². The van der Waals surface area contributed by atoms with Gasteiger partial charge in [-0.3, -0.25) is 14.6 Å². The normalized spacial score (nSPS) is 20.7. The summed E-state index contributed by atoms with van der Waals surface area (Å²) < 4.78 is 5.54. The largest absolute Gasteiger partial charge is 0.497 e. The summed E-state index contributed by atoms with van der Waals surface area (Å²) >= 11 is 0. The first-order chi connectivity index (χ1) is 15.4. The van der Waals surface area contributed by atoms with E-state index >= 15 is 0 Å². The molecular formula is C27H39N3O2. The zero-order valence-corrected chi connectivity index (χ0v) is 20.5. The molecule has 1 amide bonds. The van der Waals surface area contributed by atoms with Crippen molar-refractivity contribution in [2.24, 2.45) is 0 Å². The fourth-order valence-corrected chi connectivity index (χ4v) is 4.91. The van der Waals surface area contributed by atoms with Gasteiger partial charge in [-0.15, -0.1) is 0 Å². The highest BCUT2D eigenvalue weighted by molar-refractivity contribution is 5.94. The van der Waals surface area contributed by atoms with Gasteiger partial charge in [-0.25, -0.2) is 0 Å². The molecule has 1 heterocycles. The van der Waals surface area contributed by atoms with Crippen molar-refractivity contribution in [1.82, 2.24) is 14.7 Å². The average molecular weight is 438 g/mol. The van der Waals surface area contributed by atoms with E-state index in [2.05, 4.69) is 60.9 Å². The van der Waals surface area contributed by atoms with Gasteiger partial charge in [0.2, 0.25) is 0 Å². The summed E-state index contributed by atoms with van der Waals surface area (Å²) in [6, 6.07) is 17.6. The number of benzene rings is 2. The minimum absolute atomic E-state index is 0.0954. The Kier molecular flexibility index (Phi) is 8.32. The lowest BCUT2D eigenvalue weighted by Gasteiger charge is -2.47. The summed E-state index contributed by atoms with van der Waals surface area (Å²) in [5.41, 5.74) is 3.17. The van der Waals surface area contributed by atoms with Gasteiger partial charge in [0.15, 0.2) is 0 Å². The first-order valence-corrected chi connectivity index (χ1v) is 12.0. The second kappa shape index (κ2) is 11.0. The van der Waals surface area contributed by atoms with E-state index in [1.54, 1.807) is 7.11 Å². The van der Waals surface area contributed by atoms with Crippen molar-refractivity contribution >= 4 is 5.91 Å². The Hall–Kier alpha value is -2.37. The van der Waals surface area contributed by atoms with Gasteiger partial charge in [0.25, 0.3) is 5.91 Å². The maximum atomic E-state index is 12.8. The maximum Gasteiger partial charge on any atom is 0.253 e. The molecule has 1 aliphatic rings. The first kappa shape index (κ1) is 24.3. The van der Waals surface area contributed by atoms with Crippen molar-refractivity contribution in [3.05, 3.63) is 65.2 Å². The van der Waals surface area contributed by atoms with Crippen molar-refractivity contribution in [2.75, 3.05) is 39.8 Å². The van der Waals surface area contributed by atoms with E-state index in [0.717, 1.165) is 44.0 Å². The van der Waals surface area contributed by atoms with Crippen LogP contribution < -0.4 is 4.74 Å². The lowest BCUT2D eigenvalue weighted by atomic mass is 9.92. The van der Waals surface area contributed by atoms with Crippen LogP contribution in [0.15, 0.2) is 48.5 Å². The molecule has 0 aliphatic carbocycles. The predicted octanol–water partition coefficient (Wildman–Crippen LogP) is 4.68. The van der Waals surface area contributed by atoms with Crippen molar-refractivity contribution in [1.29, 1.82) is 0 Å². The van der Waals surface area contributed by atoms with Crippen molar-refractivity contribution in [3.8, 4) is 5.75 Å². The molecule has 0 radical (unpaired) electrons. The number of methoxy groups -OCH3 is 1. The monoisotopic (exact) mass is 437 g/mol. The molecular weight excluding hydrogens is 398 g/mol. The van der Waals surface area contributed by atoms with E-state index in [1.807, 2.05) is 36.9 Å². The van der Waals surface area contributed by atoms with Crippen molar-refractivity contribution < 1.29 is 9.53 Å². The number of nitrogens with zero attached hydrogens (tertiary/aromatic N) is 3. The van der Waals surface area contributed by atoms with E-state index < -0.39 is 0 Å². The van der Waals surface area contributed by atoms with E-state index in [1.165, 1.54) is 11.1 Å². The Balaban J connectivity index is 1.99. The van der Waals surface area contributed by atoms with Crippen LogP contribution in [0.4, 0.5) is 0 Å². The molecule has 0 bridgehead atoms. The molecule has 2 aromatic carbocycles. The third-order valence-corrected chi connectivity index (χ3v) is 6.83. The van der Waals surface area contributed by atoms with Crippen LogP contribution in [0.3, 0.4) is 0 Å². The summed E-state index contributed by atoms with van der Waals surface area (Å²) in [5, 5.41) is 0. The van der Waals surface area contributed by atoms with Crippen LogP contribution in [0, 0.1) is 0 Å². The molecule has 32 heavy (non-hydrogen) atoms. The summed E-state index contributed by atoms with van der Waals surface area (Å²) in [4.78, 5) is 19.8.